The summed E-state index contributed by atoms with van der Waals surface area (Å²) in [6.45, 7) is 4.78. The van der Waals surface area contributed by atoms with Gasteiger partial charge in [-0.25, -0.2) is 8.42 Å². The SMILES string of the molecule is CC1=CCC[C@@]2(C)[C@@H](CC[C@@]2(O)CN(CC23CC4CC(CC(C4)C2)C3)S(=O)(=O)c2cccs2)c2ccc(cc2C(=O)c2ccccc2-c2ccccc2)C[C@@H](O)CC1. The van der Waals surface area contributed by atoms with E-state index in [9.17, 15) is 18.6 Å². The minimum absolute atomic E-state index is 0.0368. The lowest BCUT2D eigenvalue weighted by molar-refractivity contribution is -0.0920. The Morgan fingerprint density at radius 2 is 1.55 bits per heavy atom. The van der Waals surface area contributed by atoms with Crippen molar-refractivity contribution in [2.45, 2.75) is 119 Å². The molecule has 2 N–H and O–H groups in total. The summed E-state index contributed by atoms with van der Waals surface area (Å²) in [5.41, 5.74) is 3.92. The molecule has 4 atom stereocenters. The average molecular weight is 818 g/mol. The third-order valence-electron chi connectivity index (χ3n) is 15.4. The van der Waals surface area contributed by atoms with Gasteiger partial charge in [-0.2, -0.15) is 4.31 Å². The number of hydrogen-bond donors (Lipinski definition) is 2. The number of benzene rings is 3. The van der Waals surface area contributed by atoms with Crippen LogP contribution >= 0.6 is 11.3 Å². The summed E-state index contributed by atoms with van der Waals surface area (Å²) in [5, 5.41) is 26.5. The van der Waals surface area contributed by atoms with Crippen LogP contribution in [0.25, 0.3) is 11.1 Å². The molecular weight excluding hydrogens is 759 g/mol. The highest BCUT2D eigenvalue weighted by molar-refractivity contribution is 7.91. The topological polar surface area (TPSA) is 94.9 Å². The lowest BCUT2D eigenvalue weighted by Crippen LogP contribution is -2.57. The summed E-state index contributed by atoms with van der Waals surface area (Å²) in [5.74, 6) is 1.75. The van der Waals surface area contributed by atoms with Gasteiger partial charge in [-0.05, 0) is 159 Å². The Morgan fingerprint density at radius 1 is 0.845 bits per heavy atom. The Morgan fingerprint density at radius 3 is 2.26 bits per heavy atom. The summed E-state index contributed by atoms with van der Waals surface area (Å²) in [7, 11) is -3.89. The monoisotopic (exact) mass is 817 g/mol. The highest BCUT2D eigenvalue weighted by Gasteiger charge is 2.59. The second-order valence-corrected chi connectivity index (χ2v) is 22.4. The van der Waals surface area contributed by atoms with Crippen LogP contribution in [0.3, 0.4) is 0 Å². The molecule has 7 aliphatic carbocycles. The van der Waals surface area contributed by atoms with E-state index in [-0.39, 0.29) is 23.7 Å². The molecule has 8 heteroatoms. The number of sulfonamides is 1. The third kappa shape index (κ3) is 7.40. The molecule has 306 valence electrons. The number of carbonyl (C=O) groups is 1. The van der Waals surface area contributed by atoms with Gasteiger partial charge in [-0.1, -0.05) is 91.4 Å². The van der Waals surface area contributed by atoms with Crippen LogP contribution in [0.4, 0.5) is 0 Å². The van der Waals surface area contributed by atoms with E-state index < -0.39 is 27.1 Å². The molecule has 0 amide bonds. The molecule has 4 aromatic rings. The van der Waals surface area contributed by atoms with Crippen LogP contribution in [-0.4, -0.2) is 53.5 Å². The zero-order valence-electron chi connectivity index (χ0n) is 34.1. The first-order valence-corrected chi connectivity index (χ1v) is 24.1. The predicted molar refractivity (Wildman–Crippen MR) is 232 cm³/mol. The second-order valence-electron chi connectivity index (χ2n) is 19.3. The summed E-state index contributed by atoms with van der Waals surface area (Å²) < 4.78 is 31.8. The zero-order chi connectivity index (χ0) is 40.3. The van der Waals surface area contributed by atoms with Crippen molar-refractivity contribution in [3.63, 3.8) is 0 Å². The molecular formula is C50H59NO5S2. The molecule has 11 rings (SSSR count). The number of hydrogen-bond acceptors (Lipinski definition) is 6. The van der Waals surface area contributed by atoms with Gasteiger partial charge in [0, 0.05) is 29.6 Å². The Bertz CT molecular complexity index is 2250. The molecule has 0 spiro atoms. The molecule has 5 saturated carbocycles. The Labute approximate surface area is 349 Å². The number of aliphatic hydroxyl groups excluding tert-OH is 1. The lowest BCUT2D eigenvalue weighted by atomic mass is 9.49. The van der Waals surface area contributed by atoms with Gasteiger partial charge in [0.05, 0.1) is 11.7 Å². The Hall–Kier alpha value is -3.40. The van der Waals surface area contributed by atoms with Crippen molar-refractivity contribution in [2.24, 2.45) is 28.6 Å². The fourth-order valence-electron chi connectivity index (χ4n) is 12.8. The van der Waals surface area contributed by atoms with Crippen molar-refractivity contribution >= 4 is 27.1 Å². The van der Waals surface area contributed by atoms with E-state index in [1.807, 2.05) is 72.1 Å². The first kappa shape index (κ1) is 40.0. The molecule has 6 bridgehead atoms. The van der Waals surface area contributed by atoms with Gasteiger partial charge in [-0.15, -0.1) is 11.3 Å². The van der Waals surface area contributed by atoms with Crippen LogP contribution in [0.2, 0.25) is 0 Å². The van der Waals surface area contributed by atoms with Crippen LogP contribution in [0.5, 0.6) is 0 Å². The Balaban J connectivity index is 1.14. The fourth-order valence-corrected chi connectivity index (χ4v) is 15.6. The first-order chi connectivity index (χ1) is 27.8. The lowest BCUT2D eigenvalue weighted by Gasteiger charge is -2.58. The molecule has 1 heterocycles. The average Bonchev–Trinajstić information content (AvgIpc) is 3.84. The van der Waals surface area contributed by atoms with E-state index >= 15 is 4.79 Å². The number of allylic oxidation sites excluding steroid dienone is 2. The van der Waals surface area contributed by atoms with Gasteiger partial charge in [-0.3, -0.25) is 4.79 Å². The smallest absolute Gasteiger partial charge is 0.252 e. The number of fused-ring (bicyclic) bond motifs is 8. The molecule has 0 radical (unpaired) electrons. The second kappa shape index (κ2) is 15.6. The fraction of sp³-hybridized carbons (Fsp3) is 0.500. The molecule has 0 saturated heterocycles. The van der Waals surface area contributed by atoms with Gasteiger partial charge in [0.25, 0.3) is 10.0 Å². The maximum Gasteiger partial charge on any atom is 0.252 e. The van der Waals surface area contributed by atoms with Crippen LogP contribution in [0, 0.1) is 28.6 Å². The quantitative estimate of drug-likeness (QED) is 0.130. The number of thiophene rings is 1. The van der Waals surface area contributed by atoms with E-state index in [2.05, 4.69) is 32.1 Å². The maximum atomic E-state index is 15.1. The van der Waals surface area contributed by atoms with Gasteiger partial charge >= 0.3 is 0 Å². The molecule has 0 unspecified atom stereocenters. The minimum atomic E-state index is -3.89. The molecule has 3 aromatic carbocycles. The van der Waals surface area contributed by atoms with Gasteiger partial charge in [0.2, 0.25) is 0 Å². The van der Waals surface area contributed by atoms with E-state index in [0.717, 1.165) is 47.9 Å². The zero-order valence-corrected chi connectivity index (χ0v) is 35.7. The van der Waals surface area contributed by atoms with Gasteiger partial charge in [0.15, 0.2) is 5.78 Å². The molecule has 1 aromatic heterocycles. The largest absolute Gasteiger partial charge is 0.393 e. The van der Waals surface area contributed by atoms with E-state index in [1.165, 1.54) is 36.2 Å². The maximum absolute atomic E-state index is 15.1. The standard InChI is InChI=1S/C50H59NO5S2/c1-34-10-8-21-48(2)45(42-19-17-35(27-40(52)18-16-34)28-44(42)47(53)43-14-7-6-13-41(43)39-11-4-3-5-12-39)20-22-50(48,54)33-51(58(55,56)46-15-9-23-57-46)32-49-29-36-24-37(30-49)26-38(25-36)31-49/h3-7,9-15,17,19,23,28,36-38,40,45,52,54H,8,16,18,20-22,24-27,29-33H2,1-2H3/t36?,37?,38?,40-,45-,48-,49?,50+/m0/s1. The molecule has 5 fully saturated rings. The van der Waals surface area contributed by atoms with Crippen LogP contribution in [0.15, 0.2) is 106 Å². The van der Waals surface area contributed by atoms with Gasteiger partial charge in [0.1, 0.15) is 4.21 Å². The third-order valence-corrected chi connectivity index (χ3v) is 18.5. The van der Waals surface area contributed by atoms with Crippen molar-refractivity contribution < 1.29 is 23.4 Å². The number of rotatable bonds is 9. The highest BCUT2D eigenvalue weighted by Crippen LogP contribution is 2.62. The molecule has 7 aliphatic rings. The van der Waals surface area contributed by atoms with E-state index in [1.54, 1.807) is 10.4 Å². The molecule has 0 aliphatic heterocycles. The number of aliphatic hydroxyl groups is 2. The number of carbonyl (C=O) groups excluding carboxylic acids is 1. The van der Waals surface area contributed by atoms with Crippen molar-refractivity contribution in [2.75, 3.05) is 13.1 Å². The Kier molecular flexibility index (Phi) is 10.7. The van der Waals surface area contributed by atoms with E-state index in [0.29, 0.717) is 78.2 Å². The first-order valence-electron chi connectivity index (χ1n) is 21.8. The minimum Gasteiger partial charge on any atom is -0.393 e. The van der Waals surface area contributed by atoms with Gasteiger partial charge < -0.3 is 10.2 Å². The van der Waals surface area contributed by atoms with Crippen LogP contribution < -0.4 is 0 Å². The van der Waals surface area contributed by atoms with Crippen LogP contribution in [0.1, 0.15) is 124 Å². The predicted octanol–water partition coefficient (Wildman–Crippen LogP) is 10.6. The van der Waals surface area contributed by atoms with Crippen molar-refractivity contribution in [3.8, 4) is 11.1 Å². The summed E-state index contributed by atoms with van der Waals surface area (Å²) in [6, 6.07) is 27.5. The summed E-state index contributed by atoms with van der Waals surface area (Å²) in [4.78, 5) is 15.1. The number of nitrogens with zero attached hydrogens (tertiary/aromatic N) is 1. The van der Waals surface area contributed by atoms with Crippen molar-refractivity contribution in [3.05, 3.63) is 124 Å². The highest BCUT2D eigenvalue weighted by atomic mass is 32.2. The molecule has 6 nitrogen and oxygen atoms in total. The van der Waals surface area contributed by atoms with Crippen molar-refractivity contribution in [1.29, 1.82) is 0 Å². The summed E-state index contributed by atoms with van der Waals surface area (Å²) in [6.07, 6.45) is 13.0. The summed E-state index contributed by atoms with van der Waals surface area (Å²) >= 11 is 1.26. The van der Waals surface area contributed by atoms with E-state index in [4.69, 9.17) is 0 Å². The van der Waals surface area contributed by atoms with Crippen molar-refractivity contribution in [1.82, 2.24) is 4.31 Å². The molecule has 58 heavy (non-hydrogen) atoms. The normalized spacial score (nSPS) is 32.2. The number of ketones is 1. The van der Waals surface area contributed by atoms with Crippen LogP contribution in [-0.2, 0) is 16.4 Å².